The van der Waals surface area contributed by atoms with Crippen molar-refractivity contribution in [3.63, 3.8) is 0 Å². The van der Waals surface area contributed by atoms with Crippen molar-refractivity contribution in [2.45, 2.75) is 44.3 Å². The molecule has 6 nitrogen and oxygen atoms in total. The van der Waals surface area contributed by atoms with Gasteiger partial charge in [0.2, 0.25) is 0 Å². The first-order valence-corrected chi connectivity index (χ1v) is 7.78. The van der Waals surface area contributed by atoms with Gasteiger partial charge in [-0.05, 0) is 33.2 Å². The predicted molar refractivity (Wildman–Crippen MR) is 76.1 cm³/mol. The largest absolute Gasteiger partial charge is 0.334 e. The number of sulfonamides is 1. The van der Waals surface area contributed by atoms with Crippen LogP contribution in [0.5, 0.6) is 0 Å². The van der Waals surface area contributed by atoms with Crippen molar-refractivity contribution in [1.82, 2.24) is 19.6 Å². The van der Waals surface area contributed by atoms with E-state index in [1.54, 1.807) is 13.1 Å². The van der Waals surface area contributed by atoms with Crippen molar-refractivity contribution < 1.29 is 8.42 Å². The van der Waals surface area contributed by atoms with E-state index >= 15 is 0 Å². The van der Waals surface area contributed by atoms with E-state index < -0.39 is 10.0 Å². The van der Waals surface area contributed by atoms with Crippen molar-refractivity contribution in [2.24, 2.45) is 0 Å². The average molecular weight is 309 g/mol. The van der Waals surface area contributed by atoms with E-state index in [0.29, 0.717) is 6.54 Å². The summed E-state index contributed by atoms with van der Waals surface area (Å²) < 4.78 is 28.5. The van der Waals surface area contributed by atoms with Gasteiger partial charge in [0.25, 0.3) is 10.0 Å². The second kappa shape index (κ2) is 6.69. The standard InChI is InChI=1S/C11H20N4O2S.ClH/c1-3-15-8-11(14-9(15)2)18(16,17)13-7-10-5-4-6-12-10;/h8,10,12-13H,3-7H2,1-2H3;1H. The third-order valence-electron chi connectivity index (χ3n) is 3.25. The fraction of sp³-hybridized carbons (Fsp3) is 0.727. The van der Waals surface area contributed by atoms with Gasteiger partial charge < -0.3 is 9.88 Å². The van der Waals surface area contributed by atoms with Gasteiger partial charge >= 0.3 is 0 Å². The van der Waals surface area contributed by atoms with Crippen LogP contribution in [0.2, 0.25) is 0 Å². The highest BCUT2D eigenvalue weighted by molar-refractivity contribution is 7.89. The first-order valence-electron chi connectivity index (χ1n) is 6.29. The maximum absolute atomic E-state index is 12.1. The summed E-state index contributed by atoms with van der Waals surface area (Å²) in [4.78, 5) is 4.09. The van der Waals surface area contributed by atoms with E-state index in [-0.39, 0.29) is 23.5 Å². The second-order valence-corrected chi connectivity index (χ2v) is 6.27. The molecule has 0 saturated carbocycles. The van der Waals surface area contributed by atoms with Crippen LogP contribution in [-0.2, 0) is 16.6 Å². The van der Waals surface area contributed by atoms with Crippen LogP contribution in [-0.4, -0.2) is 37.1 Å². The van der Waals surface area contributed by atoms with Gasteiger partial charge in [0.1, 0.15) is 5.82 Å². The Hall–Kier alpha value is -0.630. The Morgan fingerprint density at radius 1 is 1.58 bits per heavy atom. The molecule has 1 unspecified atom stereocenters. The summed E-state index contributed by atoms with van der Waals surface area (Å²) >= 11 is 0. The summed E-state index contributed by atoms with van der Waals surface area (Å²) in [7, 11) is -3.48. The minimum atomic E-state index is -3.48. The molecule has 2 heterocycles. The molecule has 1 atom stereocenters. The molecule has 1 saturated heterocycles. The van der Waals surface area contributed by atoms with Crippen LogP contribution in [0, 0.1) is 6.92 Å². The second-order valence-electron chi connectivity index (χ2n) is 4.56. The zero-order valence-electron chi connectivity index (χ0n) is 11.2. The number of nitrogens with zero attached hydrogens (tertiary/aromatic N) is 2. The van der Waals surface area contributed by atoms with Gasteiger partial charge in [-0.3, -0.25) is 0 Å². The maximum atomic E-state index is 12.1. The minimum absolute atomic E-state index is 0. The molecule has 0 radical (unpaired) electrons. The molecular formula is C11H21ClN4O2S. The predicted octanol–water partition coefficient (Wildman–Crippen LogP) is 0.664. The summed E-state index contributed by atoms with van der Waals surface area (Å²) in [6, 6.07) is 0.245. The lowest BCUT2D eigenvalue weighted by Crippen LogP contribution is -2.37. The highest BCUT2D eigenvalue weighted by atomic mass is 35.5. The maximum Gasteiger partial charge on any atom is 0.259 e. The van der Waals surface area contributed by atoms with Crippen molar-refractivity contribution in [3.8, 4) is 0 Å². The van der Waals surface area contributed by atoms with Gasteiger partial charge in [-0.1, -0.05) is 0 Å². The lowest BCUT2D eigenvalue weighted by atomic mass is 10.2. The van der Waals surface area contributed by atoms with Crippen LogP contribution in [0.15, 0.2) is 11.2 Å². The van der Waals surface area contributed by atoms with E-state index in [4.69, 9.17) is 0 Å². The average Bonchev–Trinajstić information content (AvgIpc) is 2.95. The number of aromatic nitrogens is 2. The van der Waals surface area contributed by atoms with Gasteiger partial charge in [0.15, 0.2) is 5.03 Å². The van der Waals surface area contributed by atoms with Gasteiger partial charge in [-0.25, -0.2) is 18.1 Å². The smallest absolute Gasteiger partial charge is 0.259 e. The zero-order chi connectivity index (χ0) is 13.2. The van der Waals surface area contributed by atoms with E-state index in [1.165, 1.54) is 0 Å². The van der Waals surface area contributed by atoms with Crippen LogP contribution in [0.1, 0.15) is 25.6 Å². The number of halogens is 1. The van der Waals surface area contributed by atoms with Gasteiger partial charge in [-0.2, -0.15) is 0 Å². The van der Waals surface area contributed by atoms with Gasteiger partial charge in [0, 0.05) is 25.3 Å². The number of aryl methyl sites for hydroxylation is 2. The van der Waals surface area contributed by atoms with Crippen molar-refractivity contribution in [1.29, 1.82) is 0 Å². The Balaban J connectivity index is 0.00000180. The van der Waals surface area contributed by atoms with Crippen molar-refractivity contribution in [2.75, 3.05) is 13.1 Å². The molecule has 19 heavy (non-hydrogen) atoms. The normalized spacial score (nSPS) is 19.4. The Bertz CT molecular complexity index is 509. The molecule has 1 aliphatic rings. The first-order chi connectivity index (χ1) is 8.53. The SMILES string of the molecule is CCn1cc(S(=O)(=O)NCC2CCCN2)nc1C.Cl. The van der Waals surface area contributed by atoms with Crippen molar-refractivity contribution >= 4 is 22.4 Å². The number of imidazole rings is 1. The quantitative estimate of drug-likeness (QED) is 0.838. The third-order valence-corrected chi connectivity index (χ3v) is 4.55. The van der Waals surface area contributed by atoms with Crippen molar-refractivity contribution in [3.05, 3.63) is 12.0 Å². The van der Waals surface area contributed by atoms with Crippen LogP contribution >= 0.6 is 12.4 Å². The van der Waals surface area contributed by atoms with E-state index in [0.717, 1.165) is 31.8 Å². The van der Waals surface area contributed by atoms with E-state index in [2.05, 4.69) is 15.0 Å². The fourth-order valence-corrected chi connectivity index (χ4v) is 3.23. The molecule has 0 spiro atoms. The lowest BCUT2D eigenvalue weighted by molar-refractivity contribution is 0.549. The van der Waals surface area contributed by atoms with E-state index in [9.17, 15) is 8.42 Å². The topological polar surface area (TPSA) is 76.0 Å². The molecule has 2 rings (SSSR count). The molecule has 1 fully saturated rings. The van der Waals surface area contributed by atoms with Crippen LogP contribution < -0.4 is 10.0 Å². The molecule has 1 aromatic rings. The number of hydrogen-bond donors (Lipinski definition) is 2. The fourth-order valence-electron chi connectivity index (χ4n) is 2.14. The summed E-state index contributed by atoms with van der Waals surface area (Å²) in [6.45, 7) is 5.89. The molecule has 1 aliphatic heterocycles. The summed E-state index contributed by atoms with van der Waals surface area (Å²) in [6.07, 6.45) is 3.71. The molecule has 0 aliphatic carbocycles. The minimum Gasteiger partial charge on any atom is -0.334 e. The monoisotopic (exact) mass is 308 g/mol. The summed E-state index contributed by atoms with van der Waals surface area (Å²) in [5.41, 5.74) is 0. The third kappa shape index (κ3) is 3.92. The summed E-state index contributed by atoms with van der Waals surface area (Å²) in [5, 5.41) is 3.37. The Morgan fingerprint density at radius 2 is 2.32 bits per heavy atom. The Morgan fingerprint density at radius 3 is 2.84 bits per heavy atom. The summed E-state index contributed by atoms with van der Waals surface area (Å²) in [5.74, 6) is 0.719. The molecule has 0 amide bonds. The van der Waals surface area contributed by atoms with Gasteiger partial charge in [-0.15, -0.1) is 12.4 Å². The van der Waals surface area contributed by atoms with Gasteiger partial charge in [0.05, 0.1) is 0 Å². The molecular weight excluding hydrogens is 288 g/mol. The van der Waals surface area contributed by atoms with Crippen LogP contribution in [0.4, 0.5) is 0 Å². The number of hydrogen-bond acceptors (Lipinski definition) is 4. The highest BCUT2D eigenvalue weighted by Crippen LogP contribution is 2.10. The molecule has 8 heteroatoms. The number of rotatable bonds is 5. The molecule has 1 aromatic heterocycles. The molecule has 2 N–H and O–H groups in total. The zero-order valence-corrected chi connectivity index (χ0v) is 12.9. The van der Waals surface area contributed by atoms with Crippen LogP contribution in [0.3, 0.4) is 0 Å². The first kappa shape index (κ1) is 16.4. The molecule has 0 bridgehead atoms. The molecule has 110 valence electrons. The molecule has 0 aromatic carbocycles. The number of nitrogens with one attached hydrogen (secondary N) is 2. The lowest BCUT2D eigenvalue weighted by Gasteiger charge is -2.10. The van der Waals surface area contributed by atoms with E-state index in [1.807, 2.05) is 11.5 Å². The Labute approximate surface area is 120 Å². The Kier molecular flexibility index (Phi) is 5.79. The highest BCUT2D eigenvalue weighted by Gasteiger charge is 2.21. The van der Waals surface area contributed by atoms with Crippen LogP contribution in [0.25, 0.3) is 0 Å².